The Hall–Kier alpha value is -1.68. The lowest BCUT2D eigenvalue weighted by atomic mass is 10.00. The van der Waals surface area contributed by atoms with Crippen LogP contribution in [0.4, 0.5) is 0 Å². The molecule has 0 heterocycles. The molecule has 0 aromatic heterocycles. The summed E-state index contributed by atoms with van der Waals surface area (Å²) in [6, 6.07) is 0. The van der Waals surface area contributed by atoms with Crippen LogP contribution in [0.25, 0.3) is 0 Å². The van der Waals surface area contributed by atoms with Gasteiger partial charge in [-0.25, -0.2) is 0 Å². The number of hydrogen-bond acceptors (Lipinski definition) is 3. The Labute approximate surface area is 206 Å². The molecule has 0 saturated heterocycles. The van der Waals surface area contributed by atoms with E-state index in [9.17, 15) is 5.11 Å². The number of aliphatic hydroxyl groups is 3. The first kappa shape index (κ1) is 35.9. The molecule has 0 aliphatic carbocycles. The second-order valence-electron chi connectivity index (χ2n) is 9.49. The Morgan fingerprint density at radius 2 is 0.970 bits per heavy atom. The Bertz CT molecular complexity index is 593. The molecule has 33 heavy (non-hydrogen) atoms. The van der Waals surface area contributed by atoms with Crippen molar-refractivity contribution in [1.82, 2.24) is 0 Å². The van der Waals surface area contributed by atoms with Crippen LogP contribution in [0, 0.1) is 0 Å². The summed E-state index contributed by atoms with van der Waals surface area (Å²) in [7, 11) is 0. The number of hydrogen-bond donors (Lipinski definition) is 3. The summed E-state index contributed by atoms with van der Waals surface area (Å²) in [5, 5.41) is 26.6. The van der Waals surface area contributed by atoms with Gasteiger partial charge in [-0.2, -0.15) is 0 Å². The third-order valence-corrected chi connectivity index (χ3v) is 4.70. The van der Waals surface area contributed by atoms with E-state index in [0.29, 0.717) is 0 Å². The maximum absolute atomic E-state index is 9.49. The molecular weight excluding hydrogens is 408 g/mol. The van der Waals surface area contributed by atoms with E-state index >= 15 is 0 Å². The highest BCUT2D eigenvalue weighted by Gasteiger charge is 2.12. The SMILES string of the molecule is C=CC(C)(O)CCC=C(C)C.CC(C)=CCC/C(C)=C/CO.CC(C)=CCC/C(C)=C/CO. The zero-order valence-electron chi connectivity index (χ0n) is 23.2. The van der Waals surface area contributed by atoms with Gasteiger partial charge in [0.25, 0.3) is 0 Å². The van der Waals surface area contributed by atoms with Crippen LogP contribution in [0.3, 0.4) is 0 Å². The van der Waals surface area contributed by atoms with Crippen LogP contribution < -0.4 is 0 Å². The Kier molecular flexibility index (Phi) is 25.5. The molecule has 3 heteroatoms. The molecule has 0 aliphatic heterocycles. The molecule has 0 fully saturated rings. The first-order chi connectivity index (χ1) is 15.3. The summed E-state index contributed by atoms with van der Waals surface area (Å²) in [4.78, 5) is 0. The molecule has 3 N–H and O–H groups in total. The normalized spacial score (nSPS) is 12.7. The summed E-state index contributed by atoms with van der Waals surface area (Å²) >= 11 is 0. The maximum Gasteiger partial charge on any atom is 0.0800 e. The molecule has 0 bridgehead atoms. The molecule has 0 aliphatic rings. The van der Waals surface area contributed by atoms with Gasteiger partial charge in [0.15, 0.2) is 0 Å². The smallest absolute Gasteiger partial charge is 0.0800 e. The highest BCUT2D eigenvalue weighted by molar-refractivity contribution is 5.03. The van der Waals surface area contributed by atoms with Gasteiger partial charge < -0.3 is 15.3 Å². The minimum atomic E-state index is -0.702. The Balaban J connectivity index is -0.000000409. The van der Waals surface area contributed by atoms with E-state index in [1.54, 1.807) is 13.0 Å². The fraction of sp³-hybridized carbons (Fsp3) is 0.600. The van der Waals surface area contributed by atoms with Crippen LogP contribution in [0.1, 0.15) is 101 Å². The van der Waals surface area contributed by atoms with E-state index in [-0.39, 0.29) is 13.2 Å². The maximum atomic E-state index is 9.49. The molecule has 0 aromatic carbocycles. The molecule has 0 radical (unpaired) electrons. The summed E-state index contributed by atoms with van der Waals surface area (Å²) in [5.74, 6) is 0. The molecule has 0 aromatic rings. The van der Waals surface area contributed by atoms with Gasteiger partial charge in [0.2, 0.25) is 0 Å². The van der Waals surface area contributed by atoms with Crippen molar-refractivity contribution in [2.24, 2.45) is 0 Å². The lowest BCUT2D eigenvalue weighted by Gasteiger charge is -2.16. The van der Waals surface area contributed by atoms with Crippen molar-refractivity contribution in [2.45, 2.75) is 106 Å². The van der Waals surface area contributed by atoms with Crippen LogP contribution in [0.5, 0.6) is 0 Å². The minimum Gasteiger partial charge on any atom is -0.392 e. The zero-order valence-corrected chi connectivity index (χ0v) is 23.2. The van der Waals surface area contributed by atoms with Crippen molar-refractivity contribution in [3.63, 3.8) is 0 Å². The molecular formula is C30H54O3. The zero-order chi connectivity index (χ0) is 26.3. The van der Waals surface area contributed by atoms with Gasteiger partial charge >= 0.3 is 0 Å². The minimum absolute atomic E-state index is 0.167. The lowest BCUT2D eigenvalue weighted by Crippen LogP contribution is -2.19. The first-order valence-electron chi connectivity index (χ1n) is 12.1. The average molecular weight is 463 g/mol. The van der Waals surface area contributed by atoms with E-state index in [4.69, 9.17) is 10.2 Å². The van der Waals surface area contributed by atoms with Crippen LogP contribution in [-0.4, -0.2) is 34.1 Å². The van der Waals surface area contributed by atoms with Crippen LogP contribution >= 0.6 is 0 Å². The molecule has 1 atom stereocenters. The van der Waals surface area contributed by atoms with Crippen molar-refractivity contribution in [3.05, 3.63) is 70.9 Å². The van der Waals surface area contributed by atoms with Crippen LogP contribution in [0.2, 0.25) is 0 Å². The van der Waals surface area contributed by atoms with Crippen molar-refractivity contribution >= 4 is 0 Å². The molecule has 0 rings (SSSR count). The topological polar surface area (TPSA) is 60.7 Å². The number of aliphatic hydroxyl groups excluding tert-OH is 2. The largest absolute Gasteiger partial charge is 0.392 e. The molecule has 0 spiro atoms. The van der Waals surface area contributed by atoms with Crippen LogP contribution in [-0.2, 0) is 0 Å². The molecule has 192 valence electrons. The summed E-state index contributed by atoms with van der Waals surface area (Å²) in [6.45, 7) is 22.3. The molecule has 3 nitrogen and oxygen atoms in total. The lowest BCUT2D eigenvalue weighted by molar-refractivity contribution is 0.103. The van der Waals surface area contributed by atoms with Crippen molar-refractivity contribution < 1.29 is 15.3 Å². The van der Waals surface area contributed by atoms with E-state index in [1.807, 2.05) is 12.2 Å². The Morgan fingerprint density at radius 1 is 0.636 bits per heavy atom. The van der Waals surface area contributed by atoms with Gasteiger partial charge in [-0.05, 0) is 101 Å². The van der Waals surface area contributed by atoms with Crippen molar-refractivity contribution in [1.29, 1.82) is 0 Å². The van der Waals surface area contributed by atoms with Gasteiger partial charge in [0.1, 0.15) is 0 Å². The van der Waals surface area contributed by atoms with E-state index in [1.165, 1.54) is 27.9 Å². The summed E-state index contributed by atoms with van der Waals surface area (Å²) < 4.78 is 0. The third-order valence-electron chi connectivity index (χ3n) is 4.70. The number of allylic oxidation sites excluding steroid dienone is 8. The molecule has 1 unspecified atom stereocenters. The standard InChI is InChI=1S/3C10H18O/c2*1-9(2)5-4-6-10(3)7-8-11;1-5-10(4,11)8-6-7-9(2)3/h2*5,7,11H,4,6,8H2,1-3H3;5,7,11H,1,6,8H2,2-4H3/b2*10-7+;. The monoisotopic (exact) mass is 462 g/mol. The average Bonchev–Trinajstić information content (AvgIpc) is 2.68. The highest BCUT2D eigenvalue weighted by atomic mass is 16.3. The van der Waals surface area contributed by atoms with Crippen molar-refractivity contribution in [2.75, 3.05) is 13.2 Å². The fourth-order valence-electron chi connectivity index (χ4n) is 2.45. The predicted molar refractivity (Wildman–Crippen MR) is 149 cm³/mol. The second kappa shape index (κ2) is 23.5. The highest BCUT2D eigenvalue weighted by Crippen LogP contribution is 2.13. The van der Waals surface area contributed by atoms with Gasteiger partial charge in [-0.3, -0.25) is 0 Å². The van der Waals surface area contributed by atoms with Gasteiger partial charge in [-0.1, -0.05) is 64.3 Å². The summed E-state index contributed by atoms with van der Waals surface area (Å²) in [6.07, 6.45) is 17.8. The quantitative estimate of drug-likeness (QED) is 0.257. The molecule has 0 saturated carbocycles. The fourth-order valence-corrected chi connectivity index (χ4v) is 2.45. The predicted octanol–water partition coefficient (Wildman–Crippen LogP) is 8.01. The summed E-state index contributed by atoms with van der Waals surface area (Å²) in [5.41, 5.74) is 5.86. The van der Waals surface area contributed by atoms with E-state index in [0.717, 1.165) is 38.5 Å². The van der Waals surface area contributed by atoms with Gasteiger partial charge in [0.05, 0.1) is 18.8 Å². The first-order valence-corrected chi connectivity index (χ1v) is 12.1. The van der Waals surface area contributed by atoms with Crippen LogP contribution in [0.15, 0.2) is 70.9 Å². The van der Waals surface area contributed by atoms with Gasteiger partial charge in [-0.15, -0.1) is 6.58 Å². The Morgan fingerprint density at radius 3 is 1.24 bits per heavy atom. The third kappa shape index (κ3) is 35.1. The second-order valence-corrected chi connectivity index (χ2v) is 9.49. The van der Waals surface area contributed by atoms with E-state index < -0.39 is 5.60 Å². The number of rotatable bonds is 12. The van der Waals surface area contributed by atoms with E-state index in [2.05, 4.69) is 80.2 Å². The van der Waals surface area contributed by atoms with Gasteiger partial charge in [0, 0.05) is 0 Å². The molecule has 0 amide bonds. The van der Waals surface area contributed by atoms with Crippen molar-refractivity contribution in [3.8, 4) is 0 Å².